The molecule has 0 fully saturated rings. The van der Waals surface area contributed by atoms with Crippen molar-refractivity contribution in [3.63, 3.8) is 0 Å². The first-order valence-corrected chi connectivity index (χ1v) is 12.1. The van der Waals surface area contributed by atoms with E-state index in [0.29, 0.717) is 5.56 Å². The van der Waals surface area contributed by atoms with Crippen LogP contribution in [0.2, 0.25) is 5.02 Å². The van der Waals surface area contributed by atoms with Crippen LogP contribution >= 0.6 is 11.6 Å². The lowest BCUT2D eigenvalue weighted by Gasteiger charge is -2.15. The van der Waals surface area contributed by atoms with Gasteiger partial charge in [0.05, 0.1) is 15.5 Å². The van der Waals surface area contributed by atoms with E-state index in [1.165, 1.54) is 48.5 Å². The molecule has 3 N–H and O–H groups in total. The minimum Gasteiger partial charge on any atom is -0.480 e. The first kappa shape index (κ1) is 25.7. The highest BCUT2D eigenvalue weighted by atomic mass is 35.5. The largest absolute Gasteiger partial charge is 0.480 e. The van der Waals surface area contributed by atoms with Gasteiger partial charge in [-0.25, -0.2) is 22.7 Å². The number of carbonyl (C=O) groups is 3. The summed E-state index contributed by atoms with van der Waals surface area (Å²) in [6, 6.07) is 16.7. The van der Waals surface area contributed by atoms with Crippen molar-refractivity contribution in [2.24, 2.45) is 0 Å². The van der Waals surface area contributed by atoms with Crippen molar-refractivity contribution in [1.29, 1.82) is 0 Å². The Labute approximate surface area is 206 Å². The summed E-state index contributed by atoms with van der Waals surface area (Å²) >= 11 is 5.99. The number of carboxylic acids is 1. The smallest absolute Gasteiger partial charge is 0.426 e. The number of aryl methyl sites for hydroxylation is 1. The molecule has 0 aliphatic rings. The maximum Gasteiger partial charge on any atom is 0.426 e. The van der Waals surface area contributed by atoms with Gasteiger partial charge in [0.2, 0.25) is 0 Å². The highest BCUT2D eigenvalue weighted by Gasteiger charge is 2.23. The van der Waals surface area contributed by atoms with E-state index in [2.05, 4.69) is 5.32 Å². The fraction of sp³-hybridized carbons (Fsp3) is 0.125. The highest BCUT2D eigenvalue weighted by Crippen LogP contribution is 2.17. The Kier molecular flexibility index (Phi) is 8.10. The zero-order valence-corrected chi connectivity index (χ0v) is 20.0. The molecule has 0 bridgehead atoms. The van der Waals surface area contributed by atoms with Crippen molar-refractivity contribution < 1.29 is 32.6 Å². The van der Waals surface area contributed by atoms with E-state index in [1.807, 2.05) is 4.72 Å². The third-order valence-corrected chi connectivity index (χ3v) is 6.50. The molecule has 1 unspecified atom stereocenters. The van der Waals surface area contributed by atoms with Gasteiger partial charge in [-0.1, -0.05) is 53.6 Å². The van der Waals surface area contributed by atoms with E-state index in [1.54, 1.807) is 31.2 Å². The summed E-state index contributed by atoms with van der Waals surface area (Å²) in [5.74, 6) is -1.84. The van der Waals surface area contributed by atoms with Gasteiger partial charge in [-0.2, -0.15) is 0 Å². The molecule has 0 aliphatic heterocycles. The van der Waals surface area contributed by atoms with E-state index in [-0.39, 0.29) is 27.7 Å². The summed E-state index contributed by atoms with van der Waals surface area (Å²) in [6.45, 7) is 1.80. The molecule has 0 radical (unpaired) electrons. The summed E-state index contributed by atoms with van der Waals surface area (Å²) in [4.78, 5) is 36.0. The van der Waals surface area contributed by atoms with Crippen molar-refractivity contribution in [1.82, 2.24) is 10.0 Å². The van der Waals surface area contributed by atoms with Crippen molar-refractivity contribution in [3.05, 3.63) is 94.5 Å². The van der Waals surface area contributed by atoms with Gasteiger partial charge in [0.25, 0.3) is 15.9 Å². The Balaban J connectivity index is 1.61. The minimum atomic E-state index is -4.11. The number of carbonyl (C=O) groups excluding carboxylic acids is 2. The zero-order chi connectivity index (χ0) is 25.6. The molecular formula is C24H21ClN2O7S. The Morgan fingerprint density at radius 1 is 0.971 bits per heavy atom. The van der Waals surface area contributed by atoms with Gasteiger partial charge < -0.3 is 15.2 Å². The number of ether oxygens (including phenoxy) is 1. The number of benzene rings is 3. The standard InChI is InChI=1S/C24H21ClN2O7S/c1-15-6-12-18(13-7-15)35(32,33)27-24(31)34-17-10-8-16(9-11-17)14-21(23(29)30)26-22(28)19-4-2-3-5-20(19)25/h2-13,21H,14H2,1H3,(H,26,28)(H,27,31)(H,29,30). The monoisotopic (exact) mass is 516 g/mol. The number of carboxylic acid groups (broad SMARTS) is 1. The number of rotatable bonds is 8. The molecule has 11 heteroatoms. The normalized spacial score (nSPS) is 11.8. The van der Waals surface area contributed by atoms with E-state index < -0.39 is 34.0 Å². The molecule has 0 heterocycles. The first-order valence-electron chi connectivity index (χ1n) is 10.2. The van der Waals surface area contributed by atoms with Crippen LogP contribution in [0.3, 0.4) is 0 Å². The van der Waals surface area contributed by atoms with Crippen LogP contribution in [0.25, 0.3) is 0 Å². The average molecular weight is 517 g/mol. The van der Waals surface area contributed by atoms with E-state index in [4.69, 9.17) is 16.3 Å². The van der Waals surface area contributed by atoms with Crippen molar-refractivity contribution >= 4 is 39.6 Å². The summed E-state index contributed by atoms with van der Waals surface area (Å²) in [6.07, 6.45) is -1.26. The zero-order valence-electron chi connectivity index (χ0n) is 18.4. The summed E-state index contributed by atoms with van der Waals surface area (Å²) in [5.41, 5.74) is 1.54. The maximum absolute atomic E-state index is 12.4. The molecule has 3 aromatic carbocycles. The number of hydrogen-bond acceptors (Lipinski definition) is 6. The van der Waals surface area contributed by atoms with Crippen LogP contribution in [-0.4, -0.2) is 37.5 Å². The number of halogens is 1. The minimum absolute atomic E-state index is 0.0392. The van der Waals surface area contributed by atoms with Crippen LogP contribution in [0.15, 0.2) is 77.7 Å². The first-order chi connectivity index (χ1) is 16.5. The molecule has 1 atom stereocenters. The second-order valence-electron chi connectivity index (χ2n) is 7.50. The van der Waals surface area contributed by atoms with Gasteiger partial charge in [-0.05, 0) is 48.9 Å². The average Bonchev–Trinajstić information content (AvgIpc) is 2.80. The SMILES string of the molecule is Cc1ccc(S(=O)(=O)NC(=O)Oc2ccc(CC(NC(=O)c3ccccc3Cl)C(=O)O)cc2)cc1. The molecule has 2 amide bonds. The van der Waals surface area contributed by atoms with Crippen LogP contribution in [0.4, 0.5) is 4.79 Å². The third kappa shape index (κ3) is 7.05. The molecule has 0 saturated carbocycles. The van der Waals surface area contributed by atoms with E-state index in [9.17, 15) is 27.9 Å². The Morgan fingerprint density at radius 2 is 1.60 bits per heavy atom. The molecule has 0 aromatic heterocycles. The van der Waals surface area contributed by atoms with Crippen LogP contribution in [0.1, 0.15) is 21.5 Å². The van der Waals surface area contributed by atoms with Crippen molar-refractivity contribution in [3.8, 4) is 5.75 Å². The summed E-state index contributed by atoms with van der Waals surface area (Å²) < 4.78 is 31.4. The number of hydrogen-bond donors (Lipinski definition) is 3. The number of sulfonamides is 1. The molecule has 0 saturated heterocycles. The number of amides is 2. The molecule has 9 nitrogen and oxygen atoms in total. The van der Waals surface area contributed by atoms with Gasteiger partial charge in [-0.15, -0.1) is 0 Å². The second kappa shape index (κ2) is 11.0. The van der Waals surface area contributed by atoms with Crippen molar-refractivity contribution in [2.45, 2.75) is 24.3 Å². The van der Waals surface area contributed by atoms with Gasteiger partial charge in [-0.3, -0.25) is 4.79 Å². The lowest BCUT2D eigenvalue weighted by atomic mass is 10.1. The molecule has 3 rings (SSSR count). The van der Waals surface area contributed by atoms with Crippen molar-refractivity contribution in [2.75, 3.05) is 0 Å². The Morgan fingerprint density at radius 3 is 2.20 bits per heavy atom. The number of aliphatic carboxylic acids is 1. The topological polar surface area (TPSA) is 139 Å². The van der Waals surface area contributed by atoms with Crippen LogP contribution in [0.5, 0.6) is 5.75 Å². The fourth-order valence-corrected chi connectivity index (χ4v) is 4.12. The van der Waals surface area contributed by atoms with E-state index in [0.717, 1.165) is 5.56 Å². The third-order valence-electron chi connectivity index (χ3n) is 4.84. The Bertz CT molecular complexity index is 1340. The molecule has 3 aromatic rings. The lowest BCUT2D eigenvalue weighted by Crippen LogP contribution is -2.42. The molecule has 0 aliphatic carbocycles. The van der Waals surface area contributed by atoms with Gasteiger partial charge in [0.15, 0.2) is 0 Å². The molecule has 35 heavy (non-hydrogen) atoms. The summed E-state index contributed by atoms with van der Waals surface area (Å²) in [7, 11) is -4.11. The molecule has 182 valence electrons. The summed E-state index contributed by atoms with van der Waals surface area (Å²) in [5, 5.41) is 12.1. The maximum atomic E-state index is 12.4. The number of nitrogens with one attached hydrogen (secondary N) is 2. The van der Waals surface area contributed by atoms with E-state index >= 15 is 0 Å². The van der Waals surface area contributed by atoms with Gasteiger partial charge in [0, 0.05) is 6.42 Å². The highest BCUT2D eigenvalue weighted by molar-refractivity contribution is 7.90. The van der Waals surface area contributed by atoms with Crippen LogP contribution < -0.4 is 14.8 Å². The second-order valence-corrected chi connectivity index (χ2v) is 9.59. The van der Waals surface area contributed by atoms with Crippen LogP contribution in [0, 0.1) is 6.92 Å². The fourth-order valence-electron chi connectivity index (χ4n) is 3.02. The predicted molar refractivity (Wildman–Crippen MR) is 128 cm³/mol. The van der Waals surface area contributed by atoms with Gasteiger partial charge in [0.1, 0.15) is 11.8 Å². The van der Waals surface area contributed by atoms with Gasteiger partial charge >= 0.3 is 12.1 Å². The predicted octanol–water partition coefficient (Wildman–Crippen LogP) is 3.55. The molecule has 0 spiro atoms. The van der Waals surface area contributed by atoms with Crippen LogP contribution in [-0.2, 0) is 21.2 Å². The molecular weight excluding hydrogens is 496 g/mol. The Hall–Kier alpha value is -3.89. The quantitative estimate of drug-likeness (QED) is 0.416. The lowest BCUT2D eigenvalue weighted by molar-refractivity contribution is -0.139.